The molecule has 0 bridgehead atoms. The van der Waals surface area contributed by atoms with Crippen LogP contribution in [-0.4, -0.2) is 71.0 Å². The molecule has 1 saturated carbocycles. The molecule has 0 radical (unpaired) electrons. The van der Waals surface area contributed by atoms with Gasteiger partial charge in [0, 0.05) is 46.6 Å². The molecule has 2 fully saturated rings. The molecule has 2 heterocycles. The van der Waals surface area contributed by atoms with Gasteiger partial charge in [0.15, 0.2) is 17.3 Å². The lowest BCUT2D eigenvalue weighted by molar-refractivity contribution is -0.117. The zero-order valence-electron chi connectivity index (χ0n) is 25.0. The Labute approximate surface area is 244 Å². The van der Waals surface area contributed by atoms with E-state index in [0.29, 0.717) is 23.7 Å². The lowest BCUT2D eigenvalue weighted by atomic mass is 10.1. The monoisotopic (exact) mass is 578 g/mol. The summed E-state index contributed by atoms with van der Waals surface area (Å²) >= 11 is 1.69. The van der Waals surface area contributed by atoms with E-state index in [1.807, 2.05) is 5.32 Å². The first-order valence-electron chi connectivity index (χ1n) is 14.3. The van der Waals surface area contributed by atoms with Crippen LogP contribution in [-0.2, 0) is 4.79 Å². The molecule has 41 heavy (non-hydrogen) atoms. The van der Waals surface area contributed by atoms with Crippen LogP contribution in [0.2, 0.25) is 0 Å². The average molecular weight is 579 g/mol. The van der Waals surface area contributed by atoms with Crippen LogP contribution in [0.3, 0.4) is 0 Å². The molecule has 4 amide bonds. The Morgan fingerprint density at radius 3 is 2.51 bits per heavy atom. The maximum absolute atomic E-state index is 13.3. The zero-order valence-corrected chi connectivity index (χ0v) is 22.8. The van der Waals surface area contributed by atoms with Crippen molar-refractivity contribution in [2.24, 2.45) is 5.92 Å². The number of hydrogen-bond donors (Lipinski definition) is 4. The van der Waals surface area contributed by atoms with Crippen LogP contribution in [0.4, 0.5) is 22.9 Å². The van der Waals surface area contributed by atoms with Gasteiger partial charge in [-0.15, -0.1) is 22.0 Å². The van der Waals surface area contributed by atoms with Gasteiger partial charge in [-0.1, -0.05) is 6.07 Å². The summed E-state index contributed by atoms with van der Waals surface area (Å²) in [7, 11) is 1.36. The normalized spacial score (nSPS) is 15.6. The molecule has 2 aliphatic rings. The SMILES string of the molecule is [2H]C([2H])([2H])NC(=O)c1nnc(NC(=O)C2CC2)cc1Nc1cccc(C(=O)Nc2ccc(C(=O)N3CCSC3)cc2)c1OC. The van der Waals surface area contributed by atoms with Gasteiger partial charge in [-0.05, 0) is 49.2 Å². The quantitative estimate of drug-likeness (QED) is 0.299. The second-order valence-electron chi connectivity index (χ2n) is 9.36. The Bertz CT molecular complexity index is 1590. The summed E-state index contributed by atoms with van der Waals surface area (Å²) in [5.74, 6) is -0.248. The van der Waals surface area contributed by atoms with Crippen molar-refractivity contribution in [2.45, 2.75) is 12.8 Å². The van der Waals surface area contributed by atoms with Gasteiger partial charge in [0.05, 0.1) is 29.9 Å². The fraction of sp³-hybridized carbons (Fsp3) is 0.286. The van der Waals surface area contributed by atoms with Crippen LogP contribution in [0, 0.1) is 5.92 Å². The third-order valence-corrected chi connectivity index (χ3v) is 7.45. The number of thioether (sulfide) groups is 1. The molecule has 4 N–H and O–H groups in total. The number of ether oxygens (including phenoxy) is 1. The molecular weight excluding hydrogens is 546 g/mol. The number of benzene rings is 2. The van der Waals surface area contributed by atoms with Crippen LogP contribution in [0.5, 0.6) is 5.75 Å². The number of carbonyl (C=O) groups is 4. The Balaban J connectivity index is 1.38. The van der Waals surface area contributed by atoms with Crippen LogP contribution < -0.4 is 26.0 Å². The second kappa shape index (κ2) is 12.3. The van der Waals surface area contributed by atoms with Crippen molar-refractivity contribution in [1.29, 1.82) is 0 Å². The minimum absolute atomic E-state index is 0.0142. The van der Waals surface area contributed by atoms with Crippen molar-refractivity contribution >= 4 is 58.3 Å². The number of anilines is 4. The predicted molar refractivity (Wildman–Crippen MR) is 156 cm³/mol. The molecule has 5 rings (SSSR count). The lowest BCUT2D eigenvalue weighted by Gasteiger charge is -2.17. The number of rotatable bonds is 9. The summed E-state index contributed by atoms with van der Waals surface area (Å²) in [5, 5.41) is 18.0. The van der Waals surface area contributed by atoms with Crippen molar-refractivity contribution in [3.63, 3.8) is 0 Å². The Hall–Kier alpha value is -4.65. The molecule has 1 aromatic heterocycles. The van der Waals surface area contributed by atoms with Gasteiger partial charge in [-0.3, -0.25) is 19.2 Å². The number of para-hydroxylation sites is 1. The molecule has 13 heteroatoms. The molecule has 1 aliphatic carbocycles. The number of hydrogen-bond acceptors (Lipinski definition) is 9. The third kappa shape index (κ3) is 6.40. The first kappa shape index (κ1) is 24.2. The summed E-state index contributed by atoms with van der Waals surface area (Å²) < 4.78 is 27.7. The topological polar surface area (TPSA) is 155 Å². The van der Waals surface area contributed by atoms with E-state index in [9.17, 15) is 19.2 Å². The predicted octanol–water partition coefficient (Wildman–Crippen LogP) is 3.34. The molecule has 0 atom stereocenters. The number of nitrogens with zero attached hydrogens (tertiary/aromatic N) is 3. The van der Waals surface area contributed by atoms with Crippen LogP contribution >= 0.6 is 11.8 Å². The van der Waals surface area contributed by atoms with Gasteiger partial charge in [0.2, 0.25) is 5.91 Å². The van der Waals surface area contributed by atoms with Crippen molar-refractivity contribution in [1.82, 2.24) is 20.4 Å². The number of amides is 4. The van der Waals surface area contributed by atoms with Gasteiger partial charge in [-0.2, -0.15) is 0 Å². The van der Waals surface area contributed by atoms with Crippen LogP contribution in [0.1, 0.15) is 48.2 Å². The molecule has 212 valence electrons. The smallest absolute Gasteiger partial charge is 0.273 e. The molecule has 0 unspecified atom stereocenters. The van der Waals surface area contributed by atoms with Gasteiger partial charge in [0.1, 0.15) is 0 Å². The van der Waals surface area contributed by atoms with Gasteiger partial charge in [0.25, 0.3) is 17.7 Å². The minimum atomic E-state index is -2.79. The van der Waals surface area contributed by atoms with Crippen LogP contribution in [0.25, 0.3) is 0 Å². The van der Waals surface area contributed by atoms with E-state index in [1.54, 1.807) is 53.1 Å². The first-order chi connectivity index (χ1) is 21.0. The molecule has 3 aromatic rings. The average Bonchev–Trinajstić information content (AvgIpc) is 3.70. The Morgan fingerprint density at radius 2 is 1.83 bits per heavy atom. The number of methoxy groups -OCH3 is 1. The molecule has 1 aliphatic heterocycles. The second-order valence-corrected chi connectivity index (χ2v) is 10.4. The van der Waals surface area contributed by atoms with Crippen LogP contribution in [0.15, 0.2) is 48.5 Å². The Morgan fingerprint density at radius 1 is 1.02 bits per heavy atom. The summed E-state index contributed by atoms with van der Waals surface area (Å²) in [6, 6.07) is 12.6. The van der Waals surface area contributed by atoms with E-state index in [2.05, 4.69) is 26.1 Å². The number of carbonyl (C=O) groups excluding carboxylic acids is 4. The van der Waals surface area contributed by atoms with Gasteiger partial charge in [-0.25, -0.2) is 0 Å². The highest BCUT2D eigenvalue weighted by Crippen LogP contribution is 2.34. The lowest BCUT2D eigenvalue weighted by Crippen LogP contribution is -2.27. The molecule has 1 saturated heterocycles. The maximum atomic E-state index is 13.3. The fourth-order valence-corrected chi connectivity index (χ4v) is 5.12. The Kier molecular flexibility index (Phi) is 7.22. The van der Waals surface area contributed by atoms with Crippen molar-refractivity contribution < 1.29 is 28.0 Å². The summed E-state index contributed by atoms with van der Waals surface area (Å²) in [4.78, 5) is 52.8. The number of aromatic nitrogens is 2. The fourth-order valence-electron chi connectivity index (χ4n) is 4.18. The van der Waals surface area contributed by atoms with Gasteiger partial charge < -0.3 is 30.9 Å². The standard InChI is InChI=1S/C28H29N7O5S/c1-29-27(38)23-21(14-22(33-34-23)32-25(36)16-6-7-16)31-20-5-3-4-19(24(20)40-2)26(37)30-18-10-8-17(9-11-18)28(39)35-12-13-41-15-35/h3-5,8-11,14,16H,6-7,12-13,15H2,1-2H3,(H,29,38)(H,30,37)(H2,31,32,33,36)/i1D3. The first-order valence-corrected chi connectivity index (χ1v) is 13.9. The molecule has 2 aromatic carbocycles. The maximum Gasteiger partial charge on any atom is 0.273 e. The van der Waals surface area contributed by atoms with E-state index >= 15 is 0 Å². The minimum Gasteiger partial charge on any atom is -0.494 e. The third-order valence-electron chi connectivity index (χ3n) is 6.48. The molecule has 0 spiro atoms. The van der Waals surface area contributed by atoms with E-state index in [1.165, 1.54) is 19.2 Å². The number of nitrogens with one attached hydrogen (secondary N) is 4. The highest BCUT2D eigenvalue weighted by atomic mass is 32.2. The zero-order chi connectivity index (χ0) is 31.4. The van der Waals surface area contributed by atoms with Gasteiger partial charge >= 0.3 is 0 Å². The highest BCUT2D eigenvalue weighted by molar-refractivity contribution is 7.99. The van der Waals surface area contributed by atoms with E-state index in [4.69, 9.17) is 8.85 Å². The summed E-state index contributed by atoms with van der Waals surface area (Å²) in [6.07, 6.45) is 1.52. The van der Waals surface area contributed by atoms with Crippen molar-refractivity contribution in [3.05, 3.63) is 65.4 Å². The van der Waals surface area contributed by atoms with E-state index in [0.717, 1.165) is 18.6 Å². The van der Waals surface area contributed by atoms with Crippen molar-refractivity contribution in [2.75, 3.05) is 48.2 Å². The van der Waals surface area contributed by atoms with E-state index in [-0.39, 0.29) is 51.9 Å². The van der Waals surface area contributed by atoms with E-state index < -0.39 is 18.8 Å². The summed E-state index contributed by atoms with van der Waals surface area (Å²) in [5.41, 5.74) is 1.03. The highest BCUT2D eigenvalue weighted by Gasteiger charge is 2.30. The molecular formula is C28H29N7O5S. The van der Waals surface area contributed by atoms with Crippen molar-refractivity contribution in [3.8, 4) is 5.75 Å². The molecule has 12 nitrogen and oxygen atoms in total. The summed E-state index contributed by atoms with van der Waals surface area (Å²) in [6.45, 7) is -2.09. The largest absolute Gasteiger partial charge is 0.494 e.